The van der Waals surface area contributed by atoms with Gasteiger partial charge in [0.05, 0.1) is 6.61 Å². The number of unbranched alkanes of at least 4 members (excludes halogenated alkanes) is 1. The average molecular weight is 366 g/mol. The first-order valence-corrected chi connectivity index (χ1v) is 12.2. The Labute approximate surface area is 152 Å². The Morgan fingerprint density at radius 3 is 2.76 bits per heavy atom. The number of nitrogens with one attached hydrogen (secondary N) is 1. The second kappa shape index (κ2) is 7.91. The summed E-state index contributed by atoms with van der Waals surface area (Å²) in [7, 11) is -0.527. The summed E-state index contributed by atoms with van der Waals surface area (Å²) >= 11 is 0. The van der Waals surface area contributed by atoms with Crippen molar-refractivity contribution in [2.45, 2.75) is 45.3 Å². The van der Waals surface area contributed by atoms with Crippen molar-refractivity contribution < 1.29 is 4.74 Å². The van der Waals surface area contributed by atoms with Gasteiger partial charge < -0.3 is 10.1 Å². The lowest BCUT2D eigenvalue weighted by atomic mass is 10.3. The normalized spacial score (nSPS) is 15.7. The Morgan fingerprint density at radius 1 is 1.28 bits per heavy atom. The third-order valence-corrected chi connectivity index (χ3v) is 5.78. The van der Waals surface area contributed by atoms with Gasteiger partial charge in [0.1, 0.15) is 18.9 Å². The minimum atomic E-state index is -0.527. The molecule has 1 aliphatic rings. The van der Waals surface area contributed by atoms with Crippen LogP contribution >= 0.6 is 10.0 Å². The first-order chi connectivity index (χ1) is 12.0. The van der Waals surface area contributed by atoms with Crippen LogP contribution in [0.1, 0.15) is 44.3 Å². The fourth-order valence-electron chi connectivity index (χ4n) is 2.71. The number of rotatable bonds is 10. The van der Waals surface area contributed by atoms with Gasteiger partial charge in [0.15, 0.2) is 17.0 Å². The van der Waals surface area contributed by atoms with Gasteiger partial charge in [0, 0.05) is 18.2 Å². The van der Waals surface area contributed by atoms with Crippen LogP contribution in [0.2, 0.25) is 0 Å². The van der Waals surface area contributed by atoms with Crippen LogP contribution in [0, 0.1) is 0 Å². The summed E-state index contributed by atoms with van der Waals surface area (Å²) in [5.41, 5.74) is 1.77. The molecule has 0 bridgehead atoms. The van der Waals surface area contributed by atoms with Crippen molar-refractivity contribution in [3.8, 4) is 0 Å². The lowest BCUT2D eigenvalue weighted by Crippen LogP contribution is -2.12. The highest BCUT2D eigenvalue weighted by molar-refractivity contribution is 8.32. The Balaban J connectivity index is 1.78. The van der Waals surface area contributed by atoms with Crippen molar-refractivity contribution >= 4 is 27.0 Å². The van der Waals surface area contributed by atoms with Gasteiger partial charge >= 0.3 is 0 Å². The van der Waals surface area contributed by atoms with E-state index in [9.17, 15) is 0 Å². The highest BCUT2D eigenvalue weighted by Crippen LogP contribution is 2.41. The molecule has 0 amide bonds. The van der Waals surface area contributed by atoms with E-state index in [1.54, 1.807) is 6.33 Å². The second-order valence-corrected chi connectivity index (χ2v) is 12.3. The fraction of sp³-hybridized carbons (Fsp3) is 0.722. The van der Waals surface area contributed by atoms with Gasteiger partial charge in [-0.2, -0.15) is 0 Å². The van der Waals surface area contributed by atoms with Crippen molar-refractivity contribution in [2.24, 2.45) is 0 Å². The monoisotopic (exact) mass is 365 g/mol. The third-order valence-electron chi connectivity index (χ3n) is 4.39. The van der Waals surface area contributed by atoms with E-state index in [0.717, 1.165) is 54.6 Å². The molecule has 1 N–H and O–H groups in total. The predicted molar refractivity (Wildman–Crippen MR) is 107 cm³/mol. The van der Waals surface area contributed by atoms with Gasteiger partial charge in [-0.1, -0.05) is 13.3 Å². The summed E-state index contributed by atoms with van der Waals surface area (Å²) in [6, 6.07) is 0. The lowest BCUT2D eigenvalue weighted by Gasteiger charge is -2.24. The molecule has 3 rings (SSSR count). The third kappa shape index (κ3) is 4.85. The molecule has 140 valence electrons. The molecule has 0 radical (unpaired) electrons. The first-order valence-electron chi connectivity index (χ1n) is 9.18. The maximum absolute atomic E-state index is 5.98. The van der Waals surface area contributed by atoms with Crippen LogP contribution in [-0.4, -0.2) is 57.2 Å². The average Bonchev–Trinajstić information content (AvgIpc) is 3.33. The maximum Gasteiger partial charge on any atom is 0.167 e. The zero-order valence-corrected chi connectivity index (χ0v) is 16.7. The number of nitrogens with zero attached hydrogens (tertiary/aromatic N) is 4. The van der Waals surface area contributed by atoms with E-state index in [1.807, 2.05) is 0 Å². The zero-order valence-electron chi connectivity index (χ0n) is 15.9. The molecular weight excluding hydrogens is 334 g/mol. The van der Waals surface area contributed by atoms with Crippen molar-refractivity contribution in [2.75, 3.05) is 43.0 Å². The number of fused-ring (bicyclic) bond motifs is 1. The molecule has 0 spiro atoms. The van der Waals surface area contributed by atoms with Crippen LogP contribution < -0.4 is 5.32 Å². The molecule has 1 aliphatic carbocycles. The molecule has 2 heterocycles. The van der Waals surface area contributed by atoms with Crippen molar-refractivity contribution in [1.29, 1.82) is 0 Å². The SMILES string of the molecule is CCCCNc1ncnc2c1nc(C1CC1)n2COCCS(C)(C)C. The van der Waals surface area contributed by atoms with E-state index < -0.39 is 10.0 Å². The molecule has 0 atom stereocenters. The Kier molecular flexibility index (Phi) is 5.84. The van der Waals surface area contributed by atoms with Crippen LogP contribution in [-0.2, 0) is 11.5 Å². The van der Waals surface area contributed by atoms with Crippen molar-refractivity contribution in [3.63, 3.8) is 0 Å². The molecule has 25 heavy (non-hydrogen) atoms. The Bertz CT molecular complexity index is 705. The first kappa shape index (κ1) is 18.5. The number of ether oxygens (including phenoxy) is 1. The maximum atomic E-state index is 5.98. The molecule has 1 fully saturated rings. The van der Waals surface area contributed by atoms with Gasteiger partial charge in [-0.05, 0) is 38.0 Å². The van der Waals surface area contributed by atoms with Gasteiger partial charge in [-0.15, -0.1) is 0 Å². The molecule has 0 unspecified atom stereocenters. The molecule has 7 heteroatoms. The number of imidazole rings is 1. The van der Waals surface area contributed by atoms with Gasteiger partial charge in [0.2, 0.25) is 0 Å². The van der Waals surface area contributed by atoms with Gasteiger partial charge in [-0.25, -0.2) is 25.0 Å². The number of hydrogen-bond acceptors (Lipinski definition) is 5. The summed E-state index contributed by atoms with van der Waals surface area (Å²) in [5.74, 6) is 3.63. The highest BCUT2D eigenvalue weighted by Gasteiger charge is 2.30. The fourth-order valence-corrected chi connectivity index (χ4v) is 3.33. The van der Waals surface area contributed by atoms with Gasteiger partial charge in [-0.3, -0.25) is 4.57 Å². The largest absolute Gasteiger partial charge is 0.368 e. The molecule has 0 saturated heterocycles. The van der Waals surface area contributed by atoms with Crippen LogP contribution in [0.4, 0.5) is 5.82 Å². The lowest BCUT2D eigenvalue weighted by molar-refractivity contribution is 0.0899. The highest BCUT2D eigenvalue weighted by atomic mass is 32.3. The minimum Gasteiger partial charge on any atom is -0.368 e. The molecule has 6 nitrogen and oxygen atoms in total. The smallest absolute Gasteiger partial charge is 0.167 e. The number of anilines is 1. The topological polar surface area (TPSA) is 64.9 Å². The number of aromatic nitrogens is 4. The van der Waals surface area contributed by atoms with E-state index in [2.05, 4.69) is 45.5 Å². The molecule has 0 aromatic carbocycles. The van der Waals surface area contributed by atoms with E-state index >= 15 is 0 Å². The summed E-state index contributed by atoms with van der Waals surface area (Å²) in [6.45, 7) is 4.42. The Morgan fingerprint density at radius 2 is 2.08 bits per heavy atom. The quantitative estimate of drug-likeness (QED) is 0.652. The van der Waals surface area contributed by atoms with E-state index in [-0.39, 0.29) is 0 Å². The predicted octanol–water partition coefficient (Wildman–Crippen LogP) is 3.58. The van der Waals surface area contributed by atoms with E-state index in [1.165, 1.54) is 12.8 Å². The summed E-state index contributed by atoms with van der Waals surface area (Å²) in [5, 5.41) is 3.41. The molecule has 1 saturated carbocycles. The zero-order chi connectivity index (χ0) is 17.9. The molecule has 2 aromatic heterocycles. The molecular formula is C18H31N5OS. The van der Waals surface area contributed by atoms with Crippen molar-refractivity contribution in [3.05, 3.63) is 12.2 Å². The second-order valence-electron chi connectivity index (χ2n) is 7.68. The minimum absolute atomic E-state index is 0.527. The number of hydrogen-bond donors (Lipinski definition) is 1. The van der Waals surface area contributed by atoms with Crippen LogP contribution in [0.25, 0.3) is 11.2 Å². The van der Waals surface area contributed by atoms with Crippen LogP contribution in [0.5, 0.6) is 0 Å². The summed E-state index contributed by atoms with van der Waals surface area (Å²) in [6.07, 6.45) is 13.3. The summed E-state index contributed by atoms with van der Waals surface area (Å²) < 4.78 is 8.13. The van der Waals surface area contributed by atoms with Crippen molar-refractivity contribution in [1.82, 2.24) is 19.5 Å². The molecule has 2 aromatic rings. The van der Waals surface area contributed by atoms with Crippen LogP contribution in [0.3, 0.4) is 0 Å². The van der Waals surface area contributed by atoms with E-state index in [0.29, 0.717) is 12.6 Å². The van der Waals surface area contributed by atoms with Crippen LogP contribution in [0.15, 0.2) is 6.33 Å². The summed E-state index contributed by atoms with van der Waals surface area (Å²) in [4.78, 5) is 13.8. The molecule has 0 aliphatic heterocycles. The van der Waals surface area contributed by atoms with E-state index in [4.69, 9.17) is 9.72 Å². The Hall–Kier alpha value is -1.34. The van der Waals surface area contributed by atoms with Gasteiger partial charge in [0.25, 0.3) is 0 Å². The standard InChI is InChI=1S/C18H31N5OS/c1-5-6-9-19-16-15-18(21-12-20-16)23(17(22-15)14-7-8-14)13-24-10-11-25(2,3)4/h12,14H,5-11,13H2,1-4H3,(H,19,20,21).